The van der Waals surface area contributed by atoms with Crippen LogP contribution in [0.2, 0.25) is 0 Å². The van der Waals surface area contributed by atoms with Crippen LogP contribution in [-0.2, 0) is 22.1 Å². The molecule has 168 valence electrons. The summed E-state index contributed by atoms with van der Waals surface area (Å²) in [4.78, 5) is 3.69. The lowest BCUT2D eigenvalue weighted by Crippen LogP contribution is -2.17. The lowest BCUT2D eigenvalue weighted by atomic mass is 9.97. The van der Waals surface area contributed by atoms with Crippen LogP contribution in [0, 0.1) is 0 Å². The van der Waals surface area contributed by atoms with Gasteiger partial charge in [0, 0.05) is 28.0 Å². The van der Waals surface area contributed by atoms with Crippen molar-refractivity contribution in [1.29, 1.82) is 0 Å². The number of rotatable bonds is 6. The second-order valence-corrected chi connectivity index (χ2v) is 11.9. The van der Waals surface area contributed by atoms with Crippen LogP contribution in [0.1, 0.15) is 51.7 Å². The Morgan fingerprint density at radius 1 is 0.594 bits per heavy atom. The van der Waals surface area contributed by atoms with Crippen molar-refractivity contribution in [2.45, 2.75) is 56.6 Å². The van der Waals surface area contributed by atoms with Gasteiger partial charge in [-0.05, 0) is 100 Å². The molecule has 0 amide bonds. The largest absolute Gasteiger partial charge is 0.386 e. The fraction of sp³-hybridized carbons (Fsp3) is 0.357. The SMILES string of the molecule is CC(C)(O)c1ccc(N(c2ccc([S+]3CCCC3)cc2)c2ccc(C(C)(C)O)cc2)cc1. The molecule has 1 saturated heterocycles. The monoisotopic (exact) mass is 448 g/mol. The Morgan fingerprint density at radius 2 is 0.938 bits per heavy atom. The van der Waals surface area contributed by atoms with Gasteiger partial charge in [-0.1, -0.05) is 24.3 Å². The van der Waals surface area contributed by atoms with Gasteiger partial charge in [0.25, 0.3) is 0 Å². The summed E-state index contributed by atoms with van der Waals surface area (Å²) in [6.07, 6.45) is 2.69. The highest BCUT2D eigenvalue weighted by molar-refractivity contribution is 7.97. The molecule has 4 heteroatoms. The zero-order chi connectivity index (χ0) is 22.9. The fourth-order valence-corrected chi connectivity index (χ4v) is 6.46. The highest BCUT2D eigenvalue weighted by Gasteiger charge is 2.27. The van der Waals surface area contributed by atoms with Crippen LogP contribution in [0.15, 0.2) is 77.7 Å². The van der Waals surface area contributed by atoms with E-state index in [0.29, 0.717) is 10.9 Å². The van der Waals surface area contributed by atoms with Crippen LogP contribution in [-0.4, -0.2) is 21.7 Å². The van der Waals surface area contributed by atoms with E-state index in [0.717, 1.165) is 28.2 Å². The first-order valence-corrected chi connectivity index (χ1v) is 12.9. The minimum Gasteiger partial charge on any atom is -0.386 e. The number of nitrogens with zero attached hydrogens (tertiary/aromatic N) is 1. The Morgan fingerprint density at radius 3 is 1.28 bits per heavy atom. The van der Waals surface area contributed by atoms with Crippen molar-refractivity contribution in [3.63, 3.8) is 0 Å². The Bertz CT molecular complexity index is 966. The maximum absolute atomic E-state index is 10.4. The van der Waals surface area contributed by atoms with E-state index in [4.69, 9.17) is 0 Å². The minimum atomic E-state index is -0.873. The maximum Gasteiger partial charge on any atom is 0.155 e. The normalized spacial score (nSPS) is 15.2. The molecule has 2 N–H and O–H groups in total. The van der Waals surface area contributed by atoms with Gasteiger partial charge in [-0.3, -0.25) is 0 Å². The zero-order valence-corrected chi connectivity index (χ0v) is 20.3. The molecule has 4 rings (SSSR count). The van der Waals surface area contributed by atoms with Gasteiger partial charge in [-0.25, -0.2) is 0 Å². The lowest BCUT2D eigenvalue weighted by Gasteiger charge is -2.27. The van der Waals surface area contributed by atoms with E-state index < -0.39 is 11.2 Å². The van der Waals surface area contributed by atoms with Crippen LogP contribution in [0.3, 0.4) is 0 Å². The second kappa shape index (κ2) is 8.93. The van der Waals surface area contributed by atoms with E-state index in [1.165, 1.54) is 29.2 Å². The molecule has 1 aliphatic rings. The predicted octanol–water partition coefficient (Wildman–Crippen LogP) is 6.38. The summed E-state index contributed by atoms with van der Waals surface area (Å²) >= 11 is 0. The van der Waals surface area contributed by atoms with Gasteiger partial charge in [0.15, 0.2) is 4.90 Å². The van der Waals surface area contributed by atoms with E-state index in [2.05, 4.69) is 53.4 Å². The molecule has 1 heterocycles. The van der Waals surface area contributed by atoms with Crippen LogP contribution in [0.4, 0.5) is 17.1 Å². The highest BCUT2D eigenvalue weighted by Crippen LogP contribution is 2.37. The molecule has 3 nitrogen and oxygen atoms in total. The third kappa shape index (κ3) is 5.03. The summed E-state index contributed by atoms with van der Waals surface area (Å²) < 4.78 is 0. The van der Waals surface area contributed by atoms with Crippen molar-refractivity contribution in [3.8, 4) is 0 Å². The van der Waals surface area contributed by atoms with Gasteiger partial charge in [0.2, 0.25) is 0 Å². The average Bonchev–Trinajstić information content (AvgIpc) is 3.29. The molecule has 0 bridgehead atoms. The van der Waals surface area contributed by atoms with Crippen LogP contribution in [0.25, 0.3) is 0 Å². The van der Waals surface area contributed by atoms with Crippen LogP contribution in [0.5, 0.6) is 0 Å². The number of benzene rings is 3. The second-order valence-electron chi connectivity index (χ2n) is 9.65. The summed E-state index contributed by atoms with van der Waals surface area (Å²) in [6.45, 7) is 7.21. The quantitative estimate of drug-likeness (QED) is 0.430. The number of hydrogen-bond donors (Lipinski definition) is 2. The fourth-order valence-electron chi connectivity index (χ4n) is 4.16. The Balaban J connectivity index is 1.72. The molecular formula is C28H34NO2S+. The van der Waals surface area contributed by atoms with Gasteiger partial charge in [-0.15, -0.1) is 0 Å². The number of hydrogen-bond acceptors (Lipinski definition) is 3. The van der Waals surface area contributed by atoms with Gasteiger partial charge in [-0.2, -0.15) is 0 Å². The Kier molecular flexibility index (Phi) is 6.39. The third-order valence-electron chi connectivity index (χ3n) is 6.12. The predicted molar refractivity (Wildman–Crippen MR) is 136 cm³/mol. The van der Waals surface area contributed by atoms with Gasteiger partial charge < -0.3 is 15.1 Å². The average molecular weight is 449 g/mol. The van der Waals surface area contributed by atoms with E-state index in [1.54, 1.807) is 27.7 Å². The molecule has 0 aromatic heterocycles. The third-order valence-corrected chi connectivity index (χ3v) is 8.63. The van der Waals surface area contributed by atoms with Gasteiger partial charge >= 0.3 is 0 Å². The molecule has 0 unspecified atom stereocenters. The zero-order valence-electron chi connectivity index (χ0n) is 19.5. The first-order valence-electron chi connectivity index (χ1n) is 11.4. The van der Waals surface area contributed by atoms with Gasteiger partial charge in [0.05, 0.1) is 11.2 Å². The molecule has 3 aromatic rings. The first kappa shape index (κ1) is 22.9. The minimum absolute atomic E-state index is 0.399. The number of aliphatic hydroxyl groups is 2. The molecule has 1 fully saturated rings. The van der Waals surface area contributed by atoms with Crippen LogP contribution >= 0.6 is 0 Å². The van der Waals surface area contributed by atoms with E-state index in [-0.39, 0.29) is 0 Å². The summed E-state index contributed by atoms with van der Waals surface area (Å²) in [5, 5.41) is 20.7. The molecule has 0 radical (unpaired) electrons. The topological polar surface area (TPSA) is 43.7 Å². The van der Waals surface area contributed by atoms with Crippen molar-refractivity contribution in [2.75, 3.05) is 16.4 Å². The standard InChI is InChI=1S/C28H34NO2S/c1-27(2,30)21-7-11-23(12-8-21)29(24-13-9-22(10-14-24)28(3,4)31)25-15-17-26(18-16-25)32-19-5-6-20-32/h7-18,30-31H,5-6,19-20H2,1-4H3/q+1. The van der Waals surface area contributed by atoms with Crippen molar-refractivity contribution < 1.29 is 10.2 Å². The van der Waals surface area contributed by atoms with Crippen molar-refractivity contribution >= 4 is 28.0 Å². The molecular weight excluding hydrogens is 414 g/mol. The lowest BCUT2D eigenvalue weighted by molar-refractivity contribution is 0.0781. The van der Waals surface area contributed by atoms with E-state index >= 15 is 0 Å². The molecule has 32 heavy (non-hydrogen) atoms. The van der Waals surface area contributed by atoms with Crippen LogP contribution < -0.4 is 4.90 Å². The van der Waals surface area contributed by atoms with E-state index in [1.807, 2.05) is 24.3 Å². The summed E-state index contributed by atoms with van der Waals surface area (Å²) in [7, 11) is 0.399. The first-order chi connectivity index (χ1) is 15.1. The molecule has 0 aliphatic carbocycles. The van der Waals surface area contributed by atoms with Gasteiger partial charge in [0.1, 0.15) is 11.5 Å². The number of anilines is 3. The van der Waals surface area contributed by atoms with Crippen molar-refractivity contribution in [3.05, 3.63) is 83.9 Å². The maximum atomic E-state index is 10.4. The van der Waals surface area contributed by atoms with Crippen molar-refractivity contribution in [2.24, 2.45) is 0 Å². The summed E-state index contributed by atoms with van der Waals surface area (Å²) in [6, 6.07) is 25.2. The molecule has 0 atom stereocenters. The van der Waals surface area contributed by atoms with Crippen molar-refractivity contribution in [1.82, 2.24) is 0 Å². The Hall–Kier alpha value is -2.27. The molecule has 0 spiro atoms. The Labute approximate surface area is 195 Å². The highest BCUT2D eigenvalue weighted by atomic mass is 32.2. The summed E-state index contributed by atoms with van der Waals surface area (Å²) in [5.74, 6) is 2.64. The summed E-state index contributed by atoms with van der Waals surface area (Å²) in [5.41, 5.74) is 3.19. The molecule has 3 aromatic carbocycles. The molecule has 1 aliphatic heterocycles. The van der Waals surface area contributed by atoms with E-state index in [9.17, 15) is 10.2 Å². The smallest absolute Gasteiger partial charge is 0.155 e. The molecule has 0 saturated carbocycles.